The lowest BCUT2D eigenvalue weighted by molar-refractivity contribution is 0.525. The first-order valence-corrected chi connectivity index (χ1v) is 5.39. The molecule has 1 aromatic carbocycles. The first-order chi connectivity index (χ1) is 7.27. The summed E-state index contributed by atoms with van der Waals surface area (Å²) < 4.78 is 2.75. The minimum Gasteiger partial charge on any atom is -0.322 e. The van der Waals surface area contributed by atoms with E-state index in [4.69, 9.17) is 5.73 Å². The third kappa shape index (κ3) is 2.43. The van der Waals surface area contributed by atoms with Crippen LogP contribution in [0, 0.1) is 0 Å². The molecule has 0 bridgehead atoms. The van der Waals surface area contributed by atoms with Crippen LogP contribution >= 0.6 is 15.9 Å². The van der Waals surface area contributed by atoms with Gasteiger partial charge in [-0.2, -0.15) is 5.10 Å². The Bertz CT molecular complexity index is 427. The molecule has 0 saturated carbocycles. The van der Waals surface area contributed by atoms with E-state index in [-0.39, 0.29) is 6.04 Å². The molecule has 0 radical (unpaired) electrons. The third-order valence-corrected chi connectivity index (χ3v) is 2.88. The fourth-order valence-electron chi connectivity index (χ4n) is 1.40. The quantitative estimate of drug-likeness (QED) is 0.921. The summed E-state index contributed by atoms with van der Waals surface area (Å²) >= 11 is 3.48. The summed E-state index contributed by atoms with van der Waals surface area (Å²) in [4.78, 5) is 3.88. The zero-order chi connectivity index (χ0) is 10.7. The van der Waals surface area contributed by atoms with Gasteiger partial charge in [-0.05, 0) is 11.6 Å². The van der Waals surface area contributed by atoms with Crippen molar-refractivity contribution >= 4 is 15.9 Å². The first-order valence-electron chi connectivity index (χ1n) is 4.60. The van der Waals surface area contributed by atoms with Crippen LogP contribution in [0.2, 0.25) is 0 Å². The van der Waals surface area contributed by atoms with Crippen molar-refractivity contribution in [1.82, 2.24) is 14.8 Å². The van der Waals surface area contributed by atoms with Gasteiger partial charge < -0.3 is 5.73 Å². The summed E-state index contributed by atoms with van der Waals surface area (Å²) in [6.45, 7) is 0.628. The summed E-state index contributed by atoms with van der Waals surface area (Å²) in [7, 11) is 0. The van der Waals surface area contributed by atoms with Crippen LogP contribution in [-0.2, 0) is 6.54 Å². The standard InChI is InChI=1S/C10H11BrN4/c11-9-4-2-1-3-8(9)10(12)5-15-7-13-6-14-15/h1-4,6-7,10H,5,12H2. The maximum atomic E-state index is 6.07. The molecular formula is C10H11BrN4. The van der Waals surface area contributed by atoms with E-state index in [1.165, 1.54) is 6.33 Å². The molecule has 0 spiro atoms. The summed E-state index contributed by atoms with van der Waals surface area (Å²) in [6.07, 6.45) is 3.17. The minimum absolute atomic E-state index is 0.0812. The molecule has 2 aromatic rings. The van der Waals surface area contributed by atoms with E-state index in [1.807, 2.05) is 24.3 Å². The Morgan fingerprint density at radius 1 is 1.40 bits per heavy atom. The lowest BCUT2D eigenvalue weighted by atomic mass is 10.1. The van der Waals surface area contributed by atoms with E-state index in [2.05, 4.69) is 26.0 Å². The van der Waals surface area contributed by atoms with Gasteiger partial charge in [-0.1, -0.05) is 34.1 Å². The number of rotatable bonds is 3. The van der Waals surface area contributed by atoms with E-state index >= 15 is 0 Å². The van der Waals surface area contributed by atoms with Gasteiger partial charge in [-0.25, -0.2) is 4.98 Å². The highest BCUT2D eigenvalue weighted by atomic mass is 79.9. The summed E-state index contributed by atoms with van der Waals surface area (Å²) in [6, 6.07) is 7.85. The van der Waals surface area contributed by atoms with Gasteiger partial charge in [0.2, 0.25) is 0 Å². The van der Waals surface area contributed by atoms with Gasteiger partial charge in [-0.3, -0.25) is 4.68 Å². The zero-order valence-corrected chi connectivity index (χ0v) is 9.63. The molecule has 0 aliphatic rings. The molecule has 0 saturated heterocycles. The fraction of sp³-hybridized carbons (Fsp3) is 0.200. The maximum Gasteiger partial charge on any atom is 0.137 e. The van der Waals surface area contributed by atoms with E-state index < -0.39 is 0 Å². The average Bonchev–Trinajstić information content (AvgIpc) is 2.71. The third-order valence-electron chi connectivity index (χ3n) is 2.16. The Morgan fingerprint density at radius 3 is 2.87 bits per heavy atom. The van der Waals surface area contributed by atoms with Crippen molar-refractivity contribution in [2.75, 3.05) is 0 Å². The van der Waals surface area contributed by atoms with Gasteiger partial charge in [0.05, 0.1) is 12.6 Å². The van der Waals surface area contributed by atoms with Crippen molar-refractivity contribution in [2.24, 2.45) is 5.73 Å². The molecule has 2 N–H and O–H groups in total. The normalized spacial score (nSPS) is 12.7. The molecule has 2 rings (SSSR count). The first kappa shape index (κ1) is 10.3. The minimum atomic E-state index is -0.0812. The molecule has 0 fully saturated rings. The van der Waals surface area contributed by atoms with Crippen molar-refractivity contribution < 1.29 is 0 Å². The van der Waals surface area contributed by atoms with Crippen molar-refractivity contribution in [3.8, 4) is 0 Å². The van der Waals surface area contributed by atoms with Crippen LogP contribution in [0.5, 0.6) is 0 Å². The second-order valence-electron chi connectivity index (χ2n) is 3.25. The average molecular weight is 267 g/mol. The van der Waals surface area contributed by atoms with Crippen LogP contribution in [0.1, 0.15) is 11.6 Å². The topological polar surface area (TPSA) is 56.7 Å². The molecule has 1 unspecified atom stereocenters. The second kappa shape index (κ2) is 4.55. The Hall–Kier alpha value is -1.20. The van der Waals surface area contributed by atoms with Crippen molar-refractivity contribution in [3.63, 3.8) is 0 Å². The molecule has 0 amide bonds. The monoisotopic (exact) mass is 266 g/mol. The van der Waals surface area contributed by atoms with E-state index in [9.17, 15) is 0 Å². The molecule has 1 aromatic heterocycles. The molecule has 1 atom stereocenters. The highest BCUT2D eigenvalue weighted by Crippen LogP contribution is 2.22. The molecule has 15 heavy (non-hydrogen) atoms. The number of hydrogen-bond acceptors (Lipinski definition) is 3. The maximum absolute atomic E-state index is 6.07. The van der Waals surface area contributed by atoms with Crippen molar-refractivity contribution in [3.05, 3.63) is 47.0 Å². The summed E-state index contributed by atoms with van der Waals surface area (Å²) in [5.41, 5.74) is 7.15. The Labute approximate surface area is 96.3 Å². The van der Waals surface area contributed by atoms with Crippen LogP contribution in [0.4, 0.5) is 0 Å². The van der Waals surface area contributed by atoms with Crippen molar-refractivity contribution in [2.45, 2.75) is 12.6 Å². The number of aromatic nitrogens is 3. The molecule has 1 heterocycles. The highest BCUT2D eigenvalue weighted by Gasteiger charge is 2.09. The largest absolute Gasteiger partial charge is 0.322 e. The van der Waals surface area contributed by atoms with Crippen LogP contribution in [0.15, 0.2) is 41.4 Å². The molecule has 4 nitrogen and oxygen atoms in total. The second-order valence-corrected chi connectivity index (χ2v) is 4.10. The Morgan fingerprint density at radius 2 is 2.20 bits per heavy atom. The zero-order valence-electron chi connectivity index (χ0n) is 8.05. The van der Waals surface area contributed by atoms with Gasteiger partial charge in [0.1, 0.15) is 12.7 Å². The van der Waals surface area contributed by atoms with E-state index in [0.717, 1.165) is 10.0 Å². The number of hydrogen-bond donors (Lipinski definition) is 1. The number of nitrogens with two attached hydrogens (primary N) is 1. The number of halogens is 1. The van der Waals surface area contributed by atoms with Crippen LogP contribution < -0.4 is 5.73 Å². The molecular weight excluding hydrogens is 256 g/mol. The Balaban J connectivity index is 2.15. The number of nitrogens with zero attached hydrogens (tertiary/aromatic N) is 3. The predicted octanol–water partition coefficient (Wildman–Crippen LogP) is 1.74. The van der Waals surface area contributed by atoms with E-state index in [0.29, 0.717) is 6.54 Å². The lowest BCUT2D eigenvalue weighted by Gasteiger charge is -2.13. The van der Waals surface area contributed by atoms with Crippen LogP contribution in [0.3, 0.4) is 0 Å². The molecule has 0 aliphatic heterocycles. The van der Waals surface area contributed by atoms with Gasteiger partial charge in [0.25, 0.3) is 0 Å². The highest BCUT2D eigenvalue weighted by molar-refractivity contribution is 9.10. The molecule has 5 heteroatoms. The van der Waals surface area contributed by atoms with Crippen LogP contribution in [0.25, 0.3) is 0 Å². The van der Waals surface area contributed by atoms with Gasteiger partial charge in [-0.15, -0.1) is 0 Å². The SMILES string of the molecule is NC(Cn1cncn1)c1ccccc1Br. The van der Waals surface area contributed by atoms with Crippen LogP contribution in [-0.4, -0.2) is 14.8 Å². The van der Waals surface area contributed by atoms with Gasteiger partial charge in [0, 0.05) is 4.47 Å². The van der Waals surface area contributed by atoms with Crippen molar-refractivity contribution in [1.29, 1.82) is 0 Å². The fourth-order valence-corrected chi connectivity index (χ4v) is 1.98. The molecule has 0 aliphatic carbocycles. The van der Waals surface area contributed by atoms with Gasteiger partial charge >= 0.3 is 0 Å². The van der Waals surface area contributed by atoms with E-state index in [1.54, 1.807) is 11.0 Å². The summed E-state index contributed by atoms with van der Waals surface area (Å²) in [5.74, 6) is 0. The predicted molar refractivity (Wildman–Crippen MR) is 61.1 cm³/mol. The number of benzene rings is 1. The lowest BCUT2D eigenvalue weighted by Crippen LogP contribution is -2.18. The Kier molecular flexibility index (Phi) is 3.13. The molecule has 78 valence electrons. The summed E-state index contributed by atoms with van der Waals surface area (Å²) in [5, 5.41) is 4.02. The smallest absolute Gasteiger partial charge is 0.137 e. The van der Waals surface area contributed by atoms with Gasteiger partial charge in [0.15, 0.2) is 0 Å².